The van der Waals surface area contributed by atoms with Gasteiger partial charge in [0.25, 0.3) is 0 Å². The molecule has 0 unspecified atom stereocenters. The maximum atomic E-state index is 9.72. The summed E-state index contributed by atoms with van der Waals surface area (Å²) in [4.78, 5) is 19.4. The fourth-order valence-electron chi connectivity index (χ4n) is 0.187. The van der Waals surface area contributed by atoms with Gasteiger partial charge in [-0.15, -0.1) is 0 Å². The first kappa shape index (κ1) is 18.3. The van der Waals surface area contributed by atoms with Crippen molar-refractivity contribution in [2.24, 2.45) is 0 Å². The average Bonchev–Trinajstić information content (AvgIpc) is 1.59. The summed E-state index contributed by atoms with van der Waals surface area (Å²) in [6.45, 7) is 0.105. The molecule has 0 heterocycles. The van der Waals surface area contributed by atoms with Crippen LogP contribution in [0.15, 0.2) is 0 Å². The Kier molecular flexibility index (Phi) is 17.5. The minimum Gasteiger partial charge on any atom is -0.799 e. The van der Waals surface area contributed by atoms with Crippen LogP contribution in [0.3, 0.4) is 0 Å². The van der Waals surface area contributed by atoms with Gasteiger partial charge in [0.15, 0.2) is 0 Å². The van der Waals surface area contributed by atoms with Crippen LogP contribution < -0.4 is 74.0 Å². The molecule has 0 aromatic carbocycles. The van der Waals surface area contributed by atoms with Gasteiger partial charge in [-0.3, -0.25) is 5.09 Å². The van der Waals surface area contributed by atoms with Crippen LogP contribution in [0, 0.1) is 0 Å². The molecule has 0 rings (SSSR count). The molecule has 0 aliphatic heterocycles. The number of nitrogens with one attached hydrogen (secondary N) is 1. The third-order valence-corrected chi connectivity index (χ3v) is 1.25. The molecule has 0 aliphatic carbocycles. The molecule has 0 spiro atoms. The summed E-state index contributed by atoms with van der Waals surface area (Å²) < 4.78 is 9.72. The SMILES string of the molecule is O=P([O-])([O-])NCCS.[Na+].[Na+]. The molecule has 4 nitrogen and oxygen atoms in total. The van der Waals surface area contributed by atoms with Gasteiger partial charge in [0.05, 0.1) is 0 Å². The van der Waals surface area contributed by atoms with Crippen molar-refractivity contribution in [1.82, 2.24) is 5.09 Å². The first-order chi connectivity index (χ1) is 3.56. The summed E-state index contributed by atoms with van der Waals surface area (Å²) in [7, 11) is -4.48. The molecule has 0 bridgehead atoms. The van der Waals surface area contributed by atoms with Gasteiger partial charge in [-0.1, -0.05) is 0 Å². The fraction of sp³-hybridized carbons (Fsp3) is 1.00. The van der Waals surface area contributed by atoms with E-state index in [1.807, 2.05) is 0 Å². The molecule has 0 aliphatic rings. The minimum absolute atomic E-state index is 0. The Labute approximate surface area is 110 Å². The Hall–Kier alpha value is 2.46. The van der Waals surface area contributed by atoms with E-state index < -0.39 is 7.75 Å². The van der Waals surface area contributed by atoms with Gasteiger partial charge in [-0.2, -0.15) is 12.6 Å². The van der Waals surface area contributed by atoms with E-state index >= 15 is 0 Å². The fourth-order valence-corrected chi connectivity index (χ4v) is 0.861. The monoisotopic (exact) mass is 201 g/mol. The van der Waals surface area contributed by atoms with Gasteiger partial charge >= 0.3 is 59.1 Å². The van der Waals surface area contributed by atoms with Crippen molar-refractivity contribution in [2.75, 3.05) is 12.3 Å². The van der Waals surface area contributed by atoms with Crippen molar-refractivity contribution < 1.29 is 73.5 Å². The Bertz CT molecular complexity index is 109. The van der Waals surface area contributed by atoms with E-state index in [4.69, 9.17) is 0 Å². The summed E-state index contributed by atoms with van der Waals surface area (Å²) >= 11 is 3.67. The topological polar surface area (TPSA) is 75.2 Å². The molecule has 0 atom stereocenters. The molecule has 0 aromatic rings. The van der Waals surface area contributed by atoms with Crippen LogP contribution in [-0.2, 0) is 4.57 Å². The maximum Gasteiger partial charge on any atom is 1.00 e. The van der Waals surface area contributed by atoms with Crippen molar-refractivity contribution in [3.05, 3.63) is 0 Å². The van der Waals surface area contributed by atoms with Crippen LogP contribution in [-0.4, -0.2) is 12.3 Å². The second kappa shape index (κ2) is 9.55. The van der Waals surface area contributed by atoms with Crippen molar-refractivity contribution in [1.29, 1.82) is 0 Å². The predicted molar refractivity (Wildman–Crippen MR) is 29.5 cm³/mol. The Morgan fingerprint density at radius 3 is 1.90 bits per heavy atom. The molecule has 0 radical (unpaired) electrons. The van der Waals surface area contributed by atoms with Gasteiger partial charge in [0.2, 0.25) is 0 Å². The third kappa shape index (κ3) is 16.8. The Morgan fingerprint density at radius 1 is 1.40 bits per heavy atom. The van der Waals surface area contributed by atoms with E-state index in [-0.39, 0.29) is 65.7 Å². The van der Waals surface area contributed by atoms with Gasteiger partial charge in [-0.05, 0) is 7.75 Å². The largest absolute Gasteiger partial charge is 1.00 e. The van der Waals surface area contributed by atoms with E-state index in [0.29, 0.717) is 5.75 Å². The summed E-state index contributed by atoms with van der Waals surface area (Å²) in [5.74, 6) is 0.342. The van der Waals surface area contributed by atoms with E-state index in [2.05, 4.69) is 12.6 Å². The Morgan fingerprint density at radius 2 is 1.80 bits per heavy atom. The molecule has 0 amide bonds. The molecule has 0 saturated heterocycles. The van der Waals surface area contributed by atoms with Gasteiger partial charge < -0.3 is 14.4 Å². The number of hydrogen-bond donors (Lipinski definition) is 2. The molecule has 8 heteroatoms. The molecule has 0 saturated carbocycles. The first-order valence-corrected chi connectivity index (χ1v) is 4.12. The Balaban J connectivity index is -0.000000245. The second-order valence-corrected chi connectivity index (χ2v) is 2.89. The van der Waals surface area contributed by atoms with Crippen molar-refractivity contribution in [2.45, 2.75) is 0 Å². The van der Waals surface area contributed by atoms with Gasteiger partial charge in [0, 0.05) is 12.3 Å². The van der Waals surface area contributed by atoms with Gasteiger partial charge in [0.1, 0.15) is 0 Å². The van der Waals surface area contributed by atoms with Crippen LogP contribution in [0.5, 0.6) is 0 Å². The predicted octanol–water partition coefficient (Wildman–Crippen LogP) is -7.66. The molecule has 0 fully saturated rings. The molecule has 50 valence electrons. The third-order valence-electron chi connectivity index (χ3n) is 0.417. The zero-order valence-corrected chi connectivity index (χ0v) is 11.8. The zero-order valence-electron chi connectivity index (χ0n) is 6.03. The summed E-state index contributed by atoms with van der Waals surface area (Å²) in [6, 6.07) is 0. The number of thiol groups is 1. The zero-order chi connectivity index (χ0) is 6.62. The average molecular weight is 201 g/mol. The summed E-state index contributed by atoms with van der Waals surface area (Å²) in [5.41, 5.74) is 0. The first-order valence-electron chi connectivity index (χ1n) is 1.94. The summed E-state index contributed by atoms with van der Waals surface area (Å²) in [6.07, 6.45) is 0. The molecule has 10 heavy (non-hydrogen) atoms. The van der Waals surface area contributed by atoms with E-state index in [9.17, 15) is 14.4 Å². The number of hydrogen-bond acceptors (Lipinski definition) is 4. The summed E-state index contributed by atoms with van der Waals surface area (Å²) in [5, 5.41) is 1.74. The second-order valence-electron chi connectivity index (χ2n) is 1.13. The van der Waals surface area contributed by atoms with Crippen LogP contribution in [0.2, 0.25) is 0 Å². The van der Waals surface area contributed by atoms with E-state index in [1.54, 1.807) is 5.09 Å². The van der Waals surface area contributed by atoms with E-state index in [1.165, 1.54) is 0 Å². The molecular weight excluding hydrogens is 195 g/mol. The molecular formula is C2H6NNa2O3PS. The van der Waals surface area contributed by atoms with Crippen LogP contribution >= 0.6 is 20.4 Å². The van der Waals surface area contributed by atoms with Gasteiger partial charge in [-0.25, -0.2) is 0 Å². The van der Waals surface area contributed by atoms with Crippen LogP contribution in [0.4, 0.5) is 0 Å². The van der Waals surface area contributed by atoms with Crippen LogP contribution in [0.25, 0.3) is 0 Å². The van der Waals surface area contributed by atoms with Crippen molar-refractivity contribution >= 4 is 20.4 Å². The molecule has 0 aromatic heterocycles. The maximum absolute atomic E-state index is 9.72. The van der Waals surface area contributed by atoms with Crippen LogP contribution in [0.1, 0.15) is 0 Å². The van der Waals surface area contributed by atoms with E-state index in [0.717, 1.165) is 0 Å². The quantitative estimate of drug-likeness (QED) is 0.270. The number of rotatable bonds is 3. The van der Waals surface area contributed by atoms with Crippen molar-refractivity contribution in [3.63, 3.8) is 0 Å². The smallest absolute Gasteiger partial charge is 0.799 e. The minimum atomic E-state index is -4.48. The molecule has 1 N–H and O–H groups in total. The van der Waals surface area contributed by atoms with Crippen molar-refractivity contribution in [3.8, 4) is 0 Å². The standard InChI is InChI=1S/C2H8NO3PS.2Na/c4-7(5,6)3-1-2-8;;/h8H,1-2H2,(H3,3,4,5,6);;/q;2*+1/p-2. The normalized spacial score (nSPS) is 9.50.